The Morgan fingerprint density at radius 1 is 1.23 bits per heavy atom. The number of benzene rings is 1. The molecule has 3 aromatic rings. The van der Waals surface area contributed by atoms with E-state index in [4.69, 9.17) is 0 Å². The molecule has 138 valence electrons. The average molecular weight is 435 g/mol. The number of hydrogen-bond acceptors (Lipinski definition) is 5. The number of azo groups is 1. The largest absolute Gasteiger partial charge is 1.00 e. The summed E-state index contributed by atoms with van der Waals surface area (Å²) in [6.45, 7) is 7.02. The zero-order chi connectivity index (χ0) is 17.6. The first-order chi connectivity index (χ1) is 12.1. The second kappa shape index (κ2) is 9.59. The number of aryl methyl sites for hydroxylation is 2. The normalized spacial score (nSPS) is 10.9. The van der Waals surface area contributed by atoms with Gasteiger partial charge in [-0.25, -0.2) is 14.1 Å². The van der Waals surface area contributed by atoms with Crippen molar-refractivity contribution in [1.29, 1.82) is 0 Å². The van der Waals surface area contributed by atoms with E-state index in [0.717, 1.165) is 31.0 Å². The Labute approximate surface area is 168 Å². The molecule has 0 atom stereocenters. The van der Waals surface area contributed by atoms with Crippen LogP contribution >= 0.6 is 11.3 Å². The Morgan fingerprint density at radius 2 is 2.00 bits per heavy atom. The van der Waals surface area contributed by atoms with Gasteiger partial charge < -0.3 is 21.9 Å². The Bertz CT molecular complexity index is 840. The van der Waals surface area contributed by atoms with Gasteiger partial charge in [0, 0.05) is 17.6 Å². The number of thiazole rings is 1. The molecule has 8 heteroatoms. The van der Waals surface area contributed by atoms with Gasteiger partial charge in [-0.1, -0.05) is 0 Å². The van der Waals surface area contributed by atoms with Gasteiger partial charge in [0.25, 0.3) is 0 Å². The summed E-state index contributed by atoms with van der Waals surface area (Å²) in [5.41, 5.74) is 3.01. The molecule has 6 nitrogen and oxygen atoms in total. The second-order valence-corrected chi connectivity index (χ2v) is 6.72. The summed E-state index contributed by atoms with van der Waals surface area (Å²) < 4.78 is 4.25. The van der Waals surface area contributed by atoms with Crippen molar-refractivity contribution >= 4 is 27.8 Å². The van der Waals surface area contributed by atoms with Crippen LogP contribution in [0.4, 0.5) is 16.5 Å². The first-order valence-electron chi connectivity index (χ1n) is 8.34. The number of aromatic nitrogens is 3. The van der Waals surface area contributed by atoms with Gasteiger partial charge in [-0.3, -0.25) is 0 Å². The van der Waals surface area contributed by atoms with Gasteiger partial charge in [0.15, 0.2) is 0 Å². The summed E-state index contributed by atoms with van der Waals surface area (Å²) in [5.74, 6) is 0. The van der Waals surface area contributed by atoms with Crippen LogP contribution in [0.3, 0.4) is 0 Å². The lowest BCUT2D eigenvalue weighted by Crippen LogP contribution is -3.00. The van der Waals surface area contributed by atoms with E-state index in [2.05, 4.69) is 67.0 Å². The third-order valence-corrected chi connectivity index (χ3v) is 4.75. The summed E-state index contributed by atoms with van der Waals surface area (Å²) >= 11 is 1.50. The molecule has 0 spiro atoms. The molecule has 2 heterocycles. The van der Waals surface area contributed by atoms with Crippen LogP contribution in [0.2, 0.25) is 0 Å². The van der Waals surface area contributed by atoms with Gasteiger partial charge in [-0.2, -0.15) is 0 Å². The monoisotopic (exact) mass is 434 g/mol. The van der Waals surface area contributed by atoms with E-state index >= 15 is 0 Å². The number of nitrogens with zero attached hydrogens (tertiary/aromatic N) is 6. The molecular formula is C18H23BrN6S. The van der Waals surface area contributed by atoms with E-state index in [1.54, 1.807) is 0 Å². The Morgan fingerprint density at radius 3 is 2.58 bits per heavy atom. The van der Waals surface area contributed by atoms with Crippen molar-refractivity contribution in [3.63, 3.8) is 0 Å². The van der Waals surface area contributed by atoms with Crippen molar-refractivity contribution in [2.75, 3.05) is 18.0 Å². The number of rotatable bonds is 7. The van der Waals surface area contributed by atoms with Crippen LogP contribution in [0.1, 0.15) is 12.6 Å². The first-order valence-corrected chi connectivity index (χ1v) is 9.22. The average Bonchev–Trinajstić information content (AvgIpc) is 3.23. The van der Waals surface area contributed by atoms with E-state index in [9.17, 15) is 0 Å². The third-order valence-electron chi connectivity index (χ3n) is 3.91. The molecule has 2 aromatic heterocycles. The number of anilines is 1. The van der Waals surface area contributed by atoms with Crippen molar-refractivity contribution in [3.8, 4) is 0 Å². The molecule has 1 aromatic carbocycles. The Hall–Kier alpha value is -2.06. The molecule has 0 aliphatic carbocycles. The summed E-state index contributed by atoms with van der Waals surface area (Å²) in [5, 5.41) is 11.1. The van der Waals surface area contributed by atoms with E-state index in [-0.39, 0.29) is 17.0 Å². The number of likely N-dealkylation sites (N-methyl/N-ethyl adjacent to an activating group) is 1. The molecule has 0 aliphatic rings. The van der Waals surface area contributed by atoms with Crippen molar-refractivity contribution in [3.05, 3.63) is 54.1 Å². The maximum absolute atomic E-state index is 4.29. The van der Waals surface area contributed by atoms with Crippen LogP contribution in [-0.2, 0) is 13.6 Å². The van der Waals surface area contributed by atoms with Crippen molar-refractivity contribution < 1.29 is 21.5 Å². The van der Waals surface area contributed by atoms with Crippen LogP contribution in [0, 0.1) is 6.92 Å². The molecule has 0 saturated carbocycles. The molecule has 0 unspecified atom stereocenters. The topological polar surface area (TPSA) is 49.7 Å². The highest BCUT2D eigenvalue weighted by atomic mass is 79.9. The Balaban J connectivity index is 0.00000243. The lowest BCUT2D eigenvalue weighted by Gasteiger charge is -2.22. The maximum Gasteiger partial charge on any atom is 0.243 e. The van der Waals surface area contributed by atoms with Crippen LogP contribution in [0.5, 0.6) is 0 Å². The highest BCUT2D eigenvalue weighted by Crippen LogP contribution is 2.24. The fourth-order valence-electron chi connectivity index (χ4n) is 2.56. The van der Waals surface area contributed by atoms with Crippen molar-refractivity contribution in [2.45, 2.75) is 20.4 Å². The molecule has 0 N–H and O–H groups in total. The van der Waals surface area contributed by atoms with E-state index in [1.165, 1.54) is 17.0 Å². The van der Waals surface area contributed by atoms with Gasteiger partial charge in [0.05, 0.1) is 25.0 Å². The third kappa shape index (κ3) is 5.47. The molecular weight excluding hydrogens is 412 g/mol. The van der Waals surface area contributed by atoms with Crippen LogP contribution in [0.15, 0.2) is 58.6 Å². The fraction of sp³-hybridized carbons (Fsp3) is 0.333. The lowest BCUT2D eigenvalue weighted by atomic mass is 10.2. The highest BCUT2D eigenvalue weighted by molar-refractivity contribution is 7.13. The van der Waals surface area contributed by atoms with Crippen LogP contribution in [-0.4, -0.2) is 22.6 Å². The summed E-state index contributed by atoms with van der Waals surface area (Å²) in [6, 6.07) is 8.19. The summed E-state index contributed by atoms with van der Waals surface area (Å²) in [6.07, 6.45) is 6.25. The van der Waals surface area contributed by atoms with Gasteiger partial charge in [-0.15, -0.1) is 21.6 Å². The molecule has 0 saturated heterocycles. The van der Waals surface area contributed by atoms with Crippen molar-refractivity contribution in [1.82, 2.24) is 9.55 Å². The molecule has 0 aliphatic heterocycles. The molecule has 3 rings (SSSR count). The van der Waals surface area contributed by atoms with E-state index in [1.807, 2.05) is 31.5 Å². The SMILES string of the molecule is CCN(CCn1cc[n+](C)c1)c1ccc(N=Nc2nc(C)cs2)cc1.[Br-]. The number of hydrogen-bond donors (Lipinski definition) is 0. The first kappa shape index (κ1) is 20.3. The molecule has 0 bridgehead atoms. The summed E-state index contributed by atoms with van der Waals surface area (Å²) in [4.78, 5) is 6.64. The molecule has 0 fully saturated rings. The lowest BCUT2D eigenvalue weighted by molar-refractivity contribution is -0.671. The van der Waals surface area contributed by atoms with Crippen LogP contribution in [0.25, 0.3) is 0 Å². The quantitative estimate of drug-likeness (QED) is 0.411. The second-order valence-electron chi connectivity index (χ2n) is 5.88. The zero-order valence-corrected chi connectivity index (χ0v) is 17.6. The number of imidazole rings is 1. The molecule has 0 radical (unpaired) electrons. The number of halogens is 1. The standard InChI is InChI=1S/C18H23N6S.BrH/c1-4-24(12-11-23-10-9-22(3)14-23)17-7-5-16(6-8-17)20-21-18-19-15(2)13-25-18;/h5-10,13-14H,4,11-12H2,1-3H3;1H/q+1;/p-1. The summed E-state index contributed by atoms with van der Waals surface area (Å²) in [7, 11) is 2.04. The predicted molar refractivity (Wildman–Crippen MR) is 101 cm³/mol. The minimum Gasteiger partial charge on any atom is -1.00 e. The Kier molecular flexibility index (Phi) is 7.47. The van der Waals surface area contributed by atoms with E-state index in [0.29, 0.717) is 5.13 Å². The van der Waals surface area contributed by atoms with Gasteiger partial charge in [0.1, 0.15) is 18.9 Å². The van der Waals surface area contributed by atoms with E-state index < -0.39 is 0 Å². The van der Waals surface area contributed by atoms with Crippen molar-refractivity contribution in [2.24, 2.45) is 17.3 Å². The zero-order valence-electron chi connectivity index (χ0n) is 15.2. The van der Waals surface area contributed by atoms with Gasteiger partial charge in [-0.05, 0) is 38.1 Å². The fourth-order valence-corrected chi connectivity index (χ4v) is 3.17. The minimum absolute atomic E-state index is 0. The van der Waals surface area contributed by atoms with Gasteiger partial charge in [0.2, 0.25) is 11.5 Å². The minimum atomic E-state index is 0. The van der Waals surface area contributed by atoms with Gasteiger partial charge >= 0.3 is 0 Å². The van der Waals surface area contributed by atoms with Crippen LogP contribution < -0.4 is 26.4 Å². The molecule has 0 amide bonds. The molecule has 26 heavy (non-hydrogen) atoms. The smallest absolute Gasteiger partial charge is 0.243 e. The highest BCUT2D eigenvalue weighted by Gasteiger charge is 2.07. The maximum atomic E-state index is 4.29. The predicted octanol–water partition coefficient (Wildman–Crippen LogP) is 1.02.